The van der Waals surface area contributed by atoms with Crippen LogP contribution >= 0.6 is 0 Å². The Morgan fingerprint density at radius 3 is 2.89 bits per heavy atom. The highest BCUT2D eigenvalue weighted by molar-refractivity contribution is 5.92. The zero-order valence-electron chi connectivity index (χ0n) is 10.7. The molecule has 1 aliphatic heterocycles. The highest BCUT2D eigenvalue weighted by atomic mass is 16.3. The van der Waals surface area contributed by atoms with Gasteiger partial charge in [-0.1, -0.05) is 12.1 Å². The summed E-state index contributed by atoms with van der Waals surface area (Å²) in [6.07, 6.45) is 1.74. The lowest BCUT2D eigenvalue weighted by molar-refractivity contribution is -0.133. The Morgan fingerprint density at radius 1 is 1.42 bits per heavy atom. The second kappa shape index (κ2) is 5.84. The Morgan fingerprint density at radius 2 is 2.21 bits per heavy atom. The lowest BCUT2D eigenvalue weighted by Gasteiger charge is -2.15. The Labute approximate surface area is 112 Å². The van der Waals surface area contributed by atoms with Gasteiger partial charge < -0.3 is 15.7 Å². The molecule has 1 heterocycles. The van der Waals surface area contributed by atoms with E-state index in [4.69, 9.17) is 10.8 Å². The van der Waals surface area contributed by atoms with Crippen molar-refractivity contribution < 1.29 is 14.7 Å². The van der Waals surface area contributed by atoms with Gasteiger partial charge in [0.25, 0.3) is 0 Å². The quantitative estimate of drug-likeness (QED) is 0.811. The first-order chi connectivity index (χ1) is 9.10. The van der Waals surface area contributed by atoms with Gasteiger partial charge in [-0.15, -0.1) is 0 Å². The van der Waals surface area contributed by atoms with Gasteiger partial charge in [0.05, 0.1) is 0 Å². The molecule has 1 saturated heterocycles. The number of aliphatic hydroxyl groups excluding tert-OH is 1. The van der Waals surface area contributed by atoms with Crippen LogP contribution in [0.5, 0.6) is 0 Å². The molecule has 102 valence electrons. The Bertz CT molecular complexity index is 487. The van der Waals surface area contributed by atoms with Crippen molar-refractivity contribution in [1.29, 1.82) is 0 Å². The number of aliphatic hydroxyl groups is 1. The van der Waals surface area contributed by atoms with Crippen molar-refractivity contribution in [3.63, 3.8) is 0 Å². The molecule has 1 atom stereocenters. The summed E-state index contributed by atoms with van der Waals surface area (Å²) < 4.78 is 0. The number of carbonyl (C=O) groups excluding carboxylic acids is 2. The summed E-state index contributed by atoms with van der Waals surface area (Å²) in [6, 6.07) is 7.28. The van der Waals surface area contributed by atoms with Gasteiger partial charge in [-0.2, -0.15) is 0 Å². The van der Waals surface area contributed by atoms with Crippen LogP contribution < -0.4 is 5.73 Å². The molecule has 5 heteroatoms. The summed E-state index contributed by atoms with van der Waals surface area (Å²) in [5.41, 5.74) is 6.82. The van der Waals surface area contributed by atoms with Crippen LogP contribution in [0.1, 0.15) is 22.3 Å². The van der Waals surface area contributed by atoms with Crippen LogP contribution in [0.15, 0.2) is 24.3 Å². The molecular weight excluding hydrogens is 244 g/mol. The SMILES string of the molecule is NC(=O)c1cccc(C[C@H]2CCN(C(=O)CO)C2)c1. The average molecular weight is 262 g/mol. The third-order valence-corrected chi connectivity index (χ3v) is 3.51. The largest absolute Gasteiger partial charge is 0.387 e. The van der Waals surface area contributed by atoms with Crippen LogP contribution in [0, 0.1) is 5.92 Å². The number of hydrogen-bond donors (Lipinski definition) is 2. The van der Waals surface area contributed by atoms with Crippen LogP contribution in [0.25, 0.3) is 0 Å². The average Bonchev–Trinajstić information content (AvgIpc) is 2.86. The molecule has 2 rings (SSSR count). The second-order valence-corrected chi connectivity index (χ2v) is 4.92. The molecule has 1 fully saturated rings. The molecule has 1 aliphatic rings. The monoisotopic (exact) mass is 262 g/mol. The Hall–Kier alpha value is -1.88. The molecule has 1 aromatic rings. The first-order valence-electron chi connectivity index (χ1n) is 6.37. The fraction of sp³-hybridized carbons (Fsp3) is 0.429. The van der Waals surface area contributed by atoms with Gasteiger partial charge in [-0.3, -0.25) is 9.59 Å². The van der Waals surface area contributed by atoms with Crippen LogP contribution in [0.4, 0.5) is 0 Å². The maximum absolute atomic E-state index is 11.4. The van der Waals surface area contributed by atoms with Gasteiger partial charge in [0.15, 0.2) is 0 Å². The number of nitrogens with zero attached hydrogens (tertiary/aromatic N) is 1. The van der Waals surface area contributed by atoms with Crippen LogP contribution in [-0.4, -0.2) is 41.5 Å². The van der Waals surface area contributed by atoms with Gasteiger partial charge in [0.2, 0.25) is 11.8 Å². The van der Waals surface area contributed by atoms with Gasteiger partial charge >= 0.3 is 0 Å². The normalized spacial score (nSPS) is 18.6. The van der Waals surface area contributed by atoms with Gasteiger partial charge in [0, 0.05) is 18.7 Å². The third-order valence-electron chi connectivity index (χ3n) is 3.51. The fourth-order valence-corrected chi connectivity index (χ4v) is 2.51. The van der Waals surface area contributed by atoms with Gasteiger partial charge in [-0.25, -0.2) is 0 Å². The summed E-state index contributed by atoms with van der Waals surface area (Å²) in [7, 11) is 0. The van der Waals surface area contributed by atoms with Crippen molar-refractivity contribution in [2.24, 2.45) is 11.7 Å². The topological polar surface area (TPSA) is 83.6 Å². The summed E-state index contributed by atoms with van der Waals surface area (Å²) in [4.78, 5) is 24.2. The van der Waals surface area contributed by atoms with Crippen LogP contribution in [0.2, 0.25) is 0 Å². The van der Waals surface area contributed by atoms with E-state index in [1.54, 1.807) is 17.0 Å². The molecule has 0 bridgehead atoms. The number of hydrogen-bond acceptors (Lipinski definition) is 3. The molecule has 1 aromatic carbocycles. The van der Waals surface area contributed by atoms with E-state index in [-0.39, 0.29) is 5.91 Å². The molecule has 19 heavy (non-hydrogen) atoms. The van der Waals surface area contributed by atoms with Crippen molar-refractivity contribution >= 4 is 11.8 Å². The molecule has 5 nitrogen and oxygen atoms in total. The summed E-state index contributed by atoms with van der Waals surface area (Å²) in [5.74, 6) is -0.266. The van der Waals surface area contributed by atoms with E-state index in [1.165, 1.54) is 0 Å². The minimum absolute atomic E-state index is 0.214. The molecule has 0 radical (unpaired) electrons. The molecular formula is C14H18N2O3. The standard InChI is InChI=1S/C14H18N2O3/c15-14(19)12-3-1-2-10(7-12)6-11-4-5-16(8-11)13(18)9-17/h1-3,7,11,17H,4-6,8-9H2,(H2,15,19)/t11-/m1/s1. The van der Waals surface area contributed by atoms with Crippen molar-refractivity contribution in [3.8, 4) is 0 Å². The van der Waals surface area contributed by atoms with E-state index in [0.717, 1.165) is 18.4 Å². The number of nitrogens with two attached hydrogens (primary N) is 1. The maximum Gasteiger partial charge on any atom is 0.248 e. The van der Waals surface area contributed by atoms with E-state index in [9.17, 15) is 9.59 Å². The van der Waals surface area contributed by atoms with Crippen molar-refractivity contribution in [2.75, 3.05) is 19.7 Å². The number of amides is 2. The summed E-state index contributed by atoms with van der Waals surface area (Å²) >= 11 is 0. The maximum atomic E-state index is 11.4. The molecule has 0 unspecified atom stereocenters. The minimum atomic E-state index is -0.427. The number of benzene rings is 1. The van der Waals surface area contributed by atoms with Crippen molar-refractivity contribution in [1.82, 2.24) is 4.90 Å². The molecule has 0 spiro atoms. The molecule has 2 amide bonds. The molecule has 3 N–H and O–H groups in total. The lowest BCUT2D eigenvalue weighted by Crippen LogP contribution is -2.31. The fourth-order valence-electron chi connectivity index (χ4n) is 2.51. The predicted molar refractivity (Wildman–Crippen MR) is 70.4 cm³/mol. The number of primary amides is 1. The van der Waals surface area contributed by atoms with E-state index in [2.05, 4.69) is 0 Å². The van der Waals surface area contributed by atoms with E-state index < -0.39 is 12.5 Å². The predicted octanol–water partition coefficient (Wildman–Crippen LogP) is 0.169. The number of carbonyl (C=O) groups is 2. The highest BCUT2D eigenvalue weighted by Crippen LogP contribution is 2.21. The molecule has 0 aliphatic carbocycles. The lowest BCUT2D eigenvalue weighted by atomic mass is 9.97. The highest BCUT2D eigenvalue weighted by Gasteiger charge is 2.25. The molecule has 0 aromatic heterocycles. The summed E-state index contributed by atoms with van der Waals surface area (Å²) in [6.45, 7) is 0.934. The van der Waals surface area contributed by atoms with Crippen molar-refractivity contribution in [2.45, 2.75) is 12.8 Å². The van der Waals surface area contributed by atoms with E-state index in [0.29, 0.717) is 24.6 Å². The smallest absolute Gasteiger partial charge is 0.248 e. The van der Waals surface area contributed by atoms with Crippen LogP contribution in [0.3, 0.4) is 0 Å². The van der Waals surface area contributed by atoms with E-state index in [1.807, 2.05) is 12.1 Å². The van der Waals surface area contributed by atoms with Gasteiger partial charge in [-0.05, 0) is 36.5 Å². The zero-order valence-corrected chi connectivity index (χ0v) is 10.7. The summed E-state index contributed by atoms with van der Waals surface area (Å²) in [5, 5.41) is 8.83. The van der Waals surface area contributed by atoms with E-state index >= 15 is 0 Å². The first kappa shape index (κ1) is 13.5. The number of rotatable bonds is 4. The second-order valence-electron chi connectivity index (χ2n) is 4.92. The first-order valence-corrected chi connectivity index (χ1v) is 6.37. The van der Waals surface area contributed by atoms with Crippen molar-refractivity contribution in [3.05, 3.63) is 35.4 Å². The Balaban J connectivity index is 1.97. The minimum Gasteiger partial charge on any atom is -0.387 e. The van der Waals surface area contributed by atoms with Crippen LogP contribution in [-0.2, 0) is 11.2 Å². The number of likely N-dealkylation sites (tertiary alicyclic amines) is 1. The third kappa shape index (κ3) is 3.32. The zero-order chi connectivity index (χ0) is 13.8. The molecule has 0 saturated carbocycles. The Kier molecular flexibility index (Phi) is 4.16. The van der Waals surface area contributed by atoms with Gasteiger partial charge in [0.1, 0.15) is 6.61 Å².